The SMILES string of the molecule is CCCCOc1ccc(-c2ccc(S(N)(=O)=O)cc2)c(-c2ccc(OC)c(F)c2)n1. The molecule has 0 amide bonds. The number of sulfonamides is 1. The third-order valence-corrected chi connectivity index (χ3v) is 5.47. The van der Waals surface area contributed by atoms with Gasteiger partial charge in [-0.15, -0.1) is 0 Å². The molecule has 158 valence electrons. The first kappa shape index (κ1) is 21.7. The number of aromatic nitrogens is 1. The molecule has 0 bridgehead atoms. The van der Waals surface area contributed by atoms with E-state index in [2.05, 4.69) is 11.9 Å². The van der Waals surface area contributed by atoms with E-state index < -0.39 is 15.8 Å². The lowest BCUT2D eigenvalue weighted by Crippen LogP contribution is -2.11. The minimum absolute atomic E-state index is 0.00997. The smallest absolute Gasteiger partial charge is 0.238 e. The van der Waals surface area contributed by atoms with Crippen molar-refractivity contribution < 1.29 is 22.3 Å². The van der Waals surface area contributed by atoms with Crippen molar-refractivity contribution in [1.82, 2.24) is 4.98 Å². The van der Waals surface area contributed by atoms with Gasteiger partial charge in [-0.1, -0.05) is 25.5 Å². The van der Waals surface area contributed by atoms with Gasteiger partial charge < -0.3 is 9.47 Å². The van der Waals surface area contributed by atoms with E-state index in [-0.39, 0.29) is 10.6 Å². The summed E-state index contributed by atoms with van der Waals surface area (Å²) in [6.45, 7) is 2.60. The van der Waals surface area contributed by atoms with Crippen LogP contribution in [0.25, 0.3) is 22.4 Å². The first-order valence-corrected chi connectivity index (χ1v) is 11.0. The van der Waals surface area contributed by atoms with Crippen LogP contribution in [0.5, 0.6) is 11.6 Å². The minimum Gasteiger partial charge on any atom is -0.494 e. The van der Waals surface area contributed by atoms with Gasteiger partial charge in [0.2, 0.25) is 15.9 Å². The standard InChI is InChI=1S/C22H23FN2O4S/c1-3-4-13-29-21-12-10-18(15-5-8-17(9-6-15)30(24,26)27)22(25-21)16-7-11-20(28-2)19(23)14-16/h5-12,14H,3-4,13H2,1-2H3,(H2,24,26,27). The van der Waals surface area contributed by atoms with E-state index in [0.717, 1.165) is 12.8 Å². The average molecular weight is 431 g/mol. The number of halogens is 1. The van der Waals surface area contributed by atoms with Crippen LogP contribution in [0.15, 0.2) is 59.5 Å². The molecule has 6 nitrogen and oxygen atoms in total. The Kier molecular flexibility index (Phi) is 6.69. The molecule has 30 heavy (non-hydrogen) atoms. The summed E-state index contributed by atoms with van der Waals surface area (Å²) in [4.78, 5) is 4.60. The molecule has 0 aliphatic rings. The molecular formula is C22H23FN2O4S. The van der Waals surface area contributed by atoms with E-state index in [9.17, 15) is 12.8 Å². The van der Waals surface area contributed by atoms with Crippen molar-refractivity contribution in [3.63, 3.8) is 0 Å². The summed E-state index contributed by atoms with van der Waals surface area (Å²) in [5, 5.41) is 5.18. The second-order valence-corrected chi connectivity index (χ2v) is 8.23. The molecule has 0 fully saturated rings. The lowest BCUT2D eigenvalue weighted by Gasteiger charge is -2.13. The topological polar surface area (TPSA) is 91.5 Å². The van der Waals surface area contributed by atoms with E-state index in [1.807, 2.05) is 6.07 Å². The Balaban J connectivity index is 2.09. The van der Waals surface area contributed by atoms with Gasteiger partial charge in [0.25, 0.3) is 0 Å². The number of methoxy groups -OCH3 is 1. The van der Waals surface area contributed by atoms with Gasteiger partial charge in [-0.25, -0.2) is 22.9 Å². The number of hydrogen-bond donors (Lipinski definition) is 1. The van der Waals surface area contributed by atoms with Crippen molar-refractivity contribution >= 4 is 10.0 Å². The van der Waals surface area contributed by atoms with Crippen LogP contribution in [0.3, 0.4) is 0 Å². The highest BCUT2D eigenvalue weighted by Gasteiger charge is 2.15. The van der Waals surface area contributed by atoms with E-state index >= 15 is 0 Å². The van der Waals surface area contributed by atoms with Crippen molar-refractivity contribution in [2.45, 2.75) is 24.7 Å². The molecule has 0 aliphatic heterocycles. The quantitative estimate of drug-likeness (QED) is 0.535. The van der Waals surface area contributed by atoms with Crippen molar-refractivity contribution in [3.05, 3.63) is 60.4 Å². The molecule has 0 spiro atoms. The molecule has 3 rings (SSSR count). The van der Waals surface area contributed by atoms with Gasteiger partial charge in [0.05, 0.1) is 24.3 Å². The van der Waals surface area contributed by atoms with Crippen LogP contribution in [-0.2, 0) is 10.0 Å². The zero-order valence-corrected chi connectivity index (χ0v) is 17.6. The Morgan fingerprint density at radius 3 is 2.33 bits per heavy atom. The van der Waals surface area contributed by atoms with E-state index in [0.29, 0.717) is 34.9 Å². The van der Waals surface area contributed by atoms with Gasteiger partial charge in [-0.2, -0.15) is 0 Å². The van der Waals surface area contributed by atoms with Gasteiger partial charge in [0, 0.05) is 17.2 Å². The number of rotatable bonds is 8. The number of ether oxygens (including phenoxy) is 2. The third-order valence-electron chi connectivity index (χ3n) is 4.54. The number of hydrogen-bond acceptors (Lipinski definition) is 5. The lowest BCUT2D eigenvalue weighted by molar-refractivity contribution is 0.298. The van der Waals surface area contributed by atoms with Gasteiger partial charge in [0.1, 0.15) is 0 Å². The van der Waals surface area contributed by atoms with Crippen LogP contribution in [0, 0.1) is 5.82 Å². The number of pyridine rings is 1. The van der Waals surface area contributed by atoms with Gasteiger partial charge >= 0.3 is 0 Å². The molecular weight excluding hydrogens is 407 g/mol. The Hall–Kier alpha value is -2.97. The lowest BCUT2D eigenvalue weighted by atomic mass is 9.99. The molecule has 0 radical (unpaired) electrons. The maximum absolute atomic E-state index is 14.3. The van der Waals surface area contributed by atoms with Crippen molar-refractivity contribution in [2.75, 3.05) is 13.7 Å². The van der Waals surface area contributed by atoms with E-state index in [4.69, 9.17) is 14.6 Å². The Morgan fingerprint density at radius 2 is 1.73 bits per heavy atom. The number of primary sulfonamides is 1. The van der Waals surface area contributed by atoms with Crippen LogP contribution in [-0.4, -0.2) is 27.1 Å². The third kappa shape index (κ3) is 4.95. The van der Waals surface area contributed by atoms with Gasteiger partial charge in [0.15, 0.2) is 11.6 Å². The number of benzene rings is 2. The molecule has 0 unspecified atom stereocenters. The van der Waals surface area contributed by atoms with Crippen LogP contribution in [0.4, 0.5) is 4.39 Å². The average Bonchev–Trinajstić information content (AvgIpc) is 2.73. The predicted octanol–water partition coefficient (Wildman–Crippen LogP) is 4.39. The minimum atomic E-state index is -3.80. The normalized spacial score (nSPS) is 11.3. The fourth-order valence-corrected chi connectivity index (χ4v) is 3.45. The second-order valence-electron chi connectivity index (χ2n) is 6.67. The summed E-state index contributed by atoms with van der Waals surface area (Å²) in [7, 11) is -2.40. The van der Waals surface area contributed by atoms with Crippen molar-refractivity contribution in [3.8, 4) is 34.0 Å². The Morgan fingerprint density at radius 1 is 1.03 bits per heavy atom. The molecule has 0 atom stereocenters. The van der Waals surface area contributed by atoms with Crippen molar-refractivity contribution in [2.24, 2.45) is 5.14 Å². The number of unbranched alkanes of at least 4 members (excludes halogenated alkanes) is 1. The molecule has 1 heterocycles. The zero-order chi connectivity index (χ0) is 21.7. The predicted molar refractivity (Wildman–Crippen MR) is 113 cm³/mol. The van der Waals surface area contributed by atoms with E-state index in [1.54, 1.807) is 24.3 Å². The monoisotopic (exact) mass is 430 g/mol. The first-order chi connectivity index (χ1) is 14.3. The number of nitrogens with two attached hydrogens (primary N) is 1. The maximum atomic E-state index is 14.3. The molecule has 1 aromatic heterocycles. The summed E-state index contributed by atoms with van der Waals surface area (Å²) in [6.07, 6.45) is 1.88. The van der Waals surface area contributed by atoms with Crippen LogP contribution in [0.1, 0.15) is 19.8 Å². The highest BCUT2D eigenvalue weighted by atomic mass is 32.2. The largest absolute Gasteiger partial charge is 0.494 e. The zero-order valence-electron chi connectivity index (χ0n) is 16.8. The first-order valence-electron chi connectivity index (χ1n) is 9.44. The molecule has 0 aliphatic carbocycles. The summed E-state index contributed by atoms with van der Waals surface area (Å²) in [6, 6.07) is 14.3. The van der Waals surface area contributed by atoms with Gasteiger partial charge in [-0.05, 0) is 48.4 Å². The van der Waals surface area contributed by atoms with Crippen LogP contribution >= 0.6 is 0 Å². The van der Waals surface area contributed by atoms with Gasteiger partial charge in [-0.3, -0.25) is 0 Å². The fraction of sp³-hybridized carbons (Fsp3) is 0.227. The molecule has 0 saturated carbocycles. The molecule has 2 aromatic carbocycles. The summed E-state index contributed by atoms with van der Waals surface area (Å²) in [5.41, 5.74) is 2.46. The van der Waals surface area contributed by atoms with Crippen LogP contribution in [0.2, 0.25) is 0 Å². The van der Waals surface area contributed by atoms with E-state index in [1.165, 1.54) is 31.4 Å². The molecule has 0 saturated heterocycles. The molecule has 3 aromatic rings. The Bertz CT molecular complexity index is 1130. The maximum Gasteiger partial charge on any atom is 0.238 e. The second kappa shape index (κ2) is 9.23. The summed E-state index contributed by atoms with van der Waals surface area (Å²) in [5.74, 6) is 0.0531. The van der Waals surface area contributed by atoms with Crippen molar-refractivity contribution in [1.29, 1.82) is 0 Å². The molecule has 8 heteroatoms. The Labute approximate surface area is 175 Å². The highest BCUT2D eigenvalue weighted by Crippen LogP contribution is 2.34. The summed E-state index contributed by atoms with van der Waals surface area (Å²) < 4.78 is 48.1. The fourth-order valence-electron chi connectivity index (χ4n) is 2.93. The number of nitrogens with zero attached hydrogens (tertiary/aromatic N) is 1. The van der Waals surface area contributed by atoms with Crippen LogP contribution < -0.4 is 14.6 Å². The highest BCUT2D eigenvalue weighted by molar-refractivity contribution is 7.89. The summed E-state index contributed by atoms with van der Waals surface area (Å²) >= 11 is 0. The molecule has 2 N–H and O–H groups in total.